The Bertz CT molecular complexity index is 695. The monoisotopic (exact) mass is 432 g/mol. The van der Waals surface area contributed by atoms with Gasteiger partial charge in [-0.1, -0.05) is 33.1 Å². The zero-order valence-corrected chi connectivity index (χ0v) is 19.0. The van der Waals surface area contributed by atoms with Crippen LogP contribution >= 0.6 is 0 Å². The molecule has 6 heteroatoms. The number of hydrogen-bond acceptors (Lipinski definition) is 5. The molecule has 0 aliphatic carbocycles. The van der Waals surface area contributed by atoms with Gasteiger partial charge in [0.25, 0.3) is 0 Å². The highest BCUT2D eigenvalue weighted by Gasteiger charge is 2.04. The molecule has 0 saturated carbocycles. The lowest BCUT2D eigenvalue weighted by atomic mass is 10.2. The summed E-state index contributed by atoms with van der Waals surface area (Å²) in [4.78, 5) is 8.81. The van der Waals surface area contributed by atoms with Gasteiger partial charge in [-0.05, 0) is 49.9 Å². The van der Waals surface area contributed by atoms with Gasteiger partial charge in [0.15, 0.2) is 11.6 Å². The molecular weight excluding hydrogens is 395 g/mol. The van der Waals surface area contributed by atoms with Crippen LogP contribution in [0.3, 0.4) is 0 Å². The van der Waals surface area contributed by atoms with Gasteiger partial charge in [0.2, 0.25) is 0 Å². The molecule has 0 radical (unpaired) electrons. The van der Waals surface area contributed by atoms with Crippen molar-refractivity contribution in [3.8, 4) is 22.9 Å². The van der Waals surface area contributed by atoms with E-state index in [0.717, 1.165) is 30.6 Å². The molecule has 1 aromatic heterocycles. The van der Waals surface area contributed by atoms with Crippen LogP contribution in [0.4, 0.5) is 4.39 Å². The number of halogens is 1. The maximum Gasteiger partial charge on any atom is 0.159 e. The van der Waals surface area contributed by atoms with Crippen molar-refractivity contribution in [1.29, 1.82) is 0 Å². The van der Waals surface area contributed by atoms with E-state index >= 15 is 0 Å². The summed E-state index contributed by atoms with van der Waals surface area (Å²) in [6, 6.07) is 7.78. The van der Waals surface area contributed by atoms with Crippen LogP contribution in [0.1, 0.15) is 65.2 Å². The highest BCUT2D eigenvalue weighted by atomic mass is 19.1. The fraction of sp³-hybridized carbons (Fsp3) is 0.600. The SMILES string of the molecule is CCCCCCOc1cnc(-c2ccc(OCCCCOCCC(F)CC)cc2)nc1. The van der Waals surface area contributed by atoms with Crippen LogP contribution in [0.2, 0.25) is 0 Å². The first-order valence-corrected chi connectivity index (χ1v) is 11.6. The molecule has 0 bridgehead atoms. The fourth-order valence-electron chi connectivity index (χ4n) is 2.97. The smallest absolute Gasteiger partial charge is 0.159 e. The Kier molecular flexibility index (Phi) is 12.6. The van der Waals surface area contributed by atoms with Crippen LogP contribution < -0.4 is 9.47 Å². The molecule has 1 unspecified atom stereocenters. The van der Waals surface area contributed by atoms with Crippen LogP contribution in [0, 0.1) is 0 Å². The van der Waals surface area contributed by atoms with Gasteiger partial charge in [0.05, 0.1) is 25.6 Å². The summed E-state index contributed by atoms with van der Waals surface area (Å²) in [6.45, 7) is 6.52. The van der Waals surface area contributed by atoms with E-state index in [-0.39, 0.29) is 0 Å². The number of nitrogens with zero attached hydrogens (tertiary/aromatic N) is 2. The molecule has 0 aliphatic heterocycles. The number of unbranched alkanes of at least 4 members (excludes halogenated alkanes) is 4. The Morgan fingerprint density at radius 3 is 2.10 bits per heavy atom. The van der Waals surface area contributed by atoms with Crippen LogP contribution in [-0.4, -0.2) is 42.6 Å². The van der Waals surface area contributed by atoms with E-state index in [1.807, 2.05) is 31.2 Å². The van der Waals surface area contributed by atoms with Gasteiger partial charge in [-0.25, -0.2) is 14.4 Å². The summed E-state index contributed by atoms with van der Waals surface area (Å²) in [5.41, 5.74) is 0.938. The largest absolute Gasteiger partial charge is 0.494 e. The van der Waals surface area contributed by atoms with E-state index in [1.165, 1.54) is 19.3 Å². The van der Waals surface area contributed by atoms with Crippen LogP contribution in [-0.2, 0) is 4.74 Å². The van der Waals surface area contributed by atoms with Gasteiger partial charge >= 0.3 is 0 Å². The molecule has 0 spiro atoms. The Morgan fingerprint density at radius 1 is 0.774 bits per heavy atom. The van der Waals surface area contributed by atoms with Gasteiger partial charge in [0, 0.05) is 25.2 Å². The summed E-state index contributed by atoms with van der Waals surface area (Å²) in [5, 5.41) is 0. The maximum absolute atomic E-state index is 13.1. The Morgan fingerprint density at radius 2 is 1.42 bits per heavy atom. The third-order valence-corrected chi connectivity index (χ3v) is 4.98. The molecule has 2 aromatic rings. The normalized spacial score (nSPS) is 12.0. The number of rotatable bonds is 17. The molecule has 0 N–H and O–H groups in total. The van der Waals surface area contributed by atoms with E-state index < -0.39 is 6.17 Å². The second kappa shape index (κ2) is 15.6. The minimum absolute atomic E-state index is 0.484. The lowest BCUT2D eigenvalue weighted by molar-refractivity contribution is 0.105. The van der Waals surface area contributed by atoms with Gasteiger partial charge in [0.1, 0.15) is 11.9 Å². The topological polar surface area (TPSA) is 53.5 Å². The zero-order chi connectivity index (χ0) is 22.2. The zero-order valence-electron chi connectivity index (χ0n) is 19.0. The van der Waals surface area contributed by atoms with Crippen LogP contribution in [0.25, 0.3) is 11.4 Å². The van der Waals surface area contributed by atoms with E-state index in [0.29, 0.717) is 50.8 Å². The summed E-state index contributed by atoms with van der Waals surface area (Å²) in [6.07, 6.45) is 10.3. The first-order chi connectivity index (χ1) is 15.2. The average Bonchev–Trinajstić information content (AvgIpc) is 2.81. The molecule has 0 fully saturated rings. The third kappa shape index (κ3) is 10.6. The molecular formula is C25H37FN2O3. The summed E-state index contributed by atoms with van der Waals surface area (Å²) in [7, 11) is 0. The Labute approximate surface area is 186 Å². The van der Waals surface area contributed by atoms with Crippen LogP contribution in [0.5, 0.6) is 11.5 Å². The summed E-state index contributed by atoms with van der Waals surface area (Å²) < 4.78 is 30.0. The first kappa shape index (κ1) is 25.1. The second-order valence-electron chi connectivity index (χ2n) is 7.64. The summed E-state index contributed by atoms with van der Waals surface area (Å²) in [5.74, 6) is 2.19. The molecule has 2 rings (SSSR count). The fourth-order valence-corrected chi connectivity index (χ4v) is 2.97. The number of ether oxygens (including phenoxy) is 3. The number of alkyl halides is 1. The molecule has 0 aliphatic rings. The van der Waals surface area contributed by atoms with Crippen molar-refractivity contribution in [2.45, 2.75) is 71.4 Å². The van der Waals surface area contributed by atoms with Gasteiger partial charge in [-0.15, -0.1) is 0 Å². The van der Waals surface area contributed by atoms with E-state index in [4.69, 9.17) is 14.2 Å². The predicted molar refractivity (Wildman–Crippen MR) is 122 cm³/mol. The minimum atomic E-state index is -0.747. The van der Waals surface area contributed by atoms with Gasteiger partial charge < -0.3 is 14.2 Å². The number of aromatic nitrogens is 2. The standard InChI is InChI=1S/C25H37FN2O3/c1-3-5-6-7-16-31-24-19-27-25(28-20-24)21-10-12-23(13-11-21)30-17-9-8-15-29-18-14-22(26)4-2/h10-13,19-20,22H,3-9,14-18H2,1-2H3. The molecule has 1 atom stereocenters. The van der Waals surface area contributed by atoms with Crippen molar-refractivity contribution in [3.63, 3.8) is 0 Å². The molecule has 172 valence electrons. The minimum Gasteiger partial charge on any atom is -0.494 e. The molecule has 1 heterocycles. The molecule has 1 aromatic carbocycles. The molecule has 0 saturated heterocycles. The van der Waals surface area contributed by atoms with Crippen molar-refractivity contribution in [2.75, 3.05) is 26.4 Å². The molecule has 0 amide bonds. The highest BCUT2D eigenvalue weighted by molar-refractivity contribution is 5.56. The van der Waals surface area contributed by atoms with Crippen molar-refractivity contribution < 1.29 is 18.6 Å². The quantitative estimate of drug-likeness (QED) is 0.270. The molecule has 31 heavy (non-hydrogen) atoms. The maximum atomic E-state index is 13.1. The predicted octanol–water partition coefficient (Wildman–Crippen LogP) is 6.42. The first-order valence-electron chi connectivity index (χ1n) is 11.6. The average molecular weight is 433 g/mol. The molecule has 5 nitrogen and oxygen atoms in total. The van der Waals surface area contributed by atoms with Crippen molar-refractivity contribution in [3.05, 3.63) is 36.7 Å². The third-order valence-electron chi connectivity index (χ3n) is 4.98. The highest BCUT2D eigenvalue weighted by Crippen LogP contribution is 2.20. The van der Waals surface area contributed by atoms with Gasteiger partial charge in [-0.2, -0.15) is 0 Å². The second-order valence-corrected chi connectivity index (χ2v) is 7.64. The summed E-state index contributed by atoms with van der Waals surface area (Å²) >= 11 is 0. The Hall–Kier alpha value is -2.21. The number of hydrogen-bond donors (Lipinski definition) is 0. The Balaban J connectivity index is 1.62. The lowest BCUT2D eigenvalue weighted by Crippen LogP contribution is -2.06. The number of benzene rings is 1. The van der Waals surface area contributed by atoms with E-state index in [1.54, 1.807) is 12.4 Å². The van der Waals surface area contributed by atoms with Crippen LogP contribution in [0.15, 0.2) is 36.7 Å². The van der Waals surface area contributed by atoms with Crippen molar-refractivity contribution >= 4 is 0 Å². The van der Waals surface area contributed by atoms with E-state index in [9.17, 15) is 4.39 Å². The van der Waals surface area contributed by atoms with Crippen molar-refractivity contribution in [2.24, 2.45) is 0 Å². The van der Waals surface area contributed by atoms with Gasteiger partial charge in [-0.3, -0.25) is 0 Å². The van der Waals surface area contributed by atoms with E-state index in [2.05, 4.69) is 16.9 Å². The van der Waals surface area contributed by atoms with Crippen molar-refractivity contribution in [1.82, 2.24) is 9.97 Å². The lowest BCUT2D eigenvalue weighted by Gasteiger charge is -2.09.